The number of ether oxygens (including phenoxy) is 1. The maximum absolute atomic E-state index is 13.8. The maximum Gasteiger partial charge on any atom is 0.191 e. The Bertz CT molecular complexity index is 718. The lowest BCUT2D eigenvalue weighted by Crippen LogP contribution is -2.48. The largest absolute Gasteiger partial charge is 0.381 e. The van der Waals surface area contributed by atoms with Gasteiger partial charge in [-0.25, -0.2) is 9.38 Å². The number of thiophene rings is 1. The lowest BCUT2D eigenvalue weighted by molar-refractivity contribution is 0.0513. The van der Waals surface area contributed by atoms with Crippen molar-refractivity contribution >= 4 is 41.3 Å². The molecule has 0 bridgehead atoms. The Morgan fingerprint density at radius 3 is 2.70 bits per heavy atom. The fourth-order valence-electron chi connectivity index (χ4n) is 3.30. The van der Waals surface area contributed by atoms with Crippen LogP contribution in [0.15, 0.2) is 46.8 Å². The Labute approximate surface area is 181 Å². The Morgan fingerprint density at radius 2 is 2.04 bits per heavy atom. The van der Waals surface area contributed by atoms with Crippen LogP contribution >= 0.6 is 35.3 Å². The normalized spacial score (nSPS) is 16.4. The van der Waals surface area contributed by atoms with Gasteiger partial charge in [0.1, 0.15) is 5.82 Å². The zero-order valence-electron chi connectivity index (χ0n) is 15.5. The van der Waals surface area contributed by atoms with Crippen molar-refractivity contribution in [1.29, 1.82) is 0 Å². The van der Waals surface area contributed by atoms with Gasteiger partial charge in [0.2, 0.25) is 0 Å². The molecule has 0 aliphatic carbocycles. The van der Waals surface area contributed by atoms with Crippen molar-refractivity contribution < 1.29 is 9.13 Å². The Kier molecular flexibility index (Phi) is 8.98. The second kappa shape index (κ2) is 11.0. The van der Waals surface area contributed by atoms with Crippen LogP contribution in [0.1, 0.15) is 30.2 Å². The molecule has 2 N–H and O–H groups in total. The first-order chi connectivity index (χ1) is 12.7. The van der Waals surface area contributed by atoms with E-state index in [1.807, 2.05) is 12.1 Å². The van der Waals surface area contributed by atoms with Gasteiger partial charge in [0.25, 0.3) is 0 Å². The summed E-state index contributed by atoms with van der Waals surface area (Å²) in [6.07, 6.45) is 1.74. The molecule has 1 aromatic carbocycles. The fraction of sp³-hybridized carbons (Fsp3) is 0.450. The van der Waals surface area contributed by atoms with Gasteiger partial charge in [0.05, 0.1) is 6.54 Å². The molecule has 2 heterocycles. The van der Waals surface area contributed by atoms with E-state index in [1.54, 1.807) is 23.5 Å². The van der Waals surface area contributed by atoms with Crippen molar-refractivity contribution in [3.05, 3.63) is 58.0 Å². The van der Waals surface area contributed by atoms with E-state index in [2.05, 4.69) is 34.0 Å². The average Bonchev–Trinajstić information content (AvgIpc) is 3.18. The lowest BCUT2D eigenvalue weighted by atomic mass is 9.74. The zero-order chi connectivity index (χ0) is 18.2. The van der Waals surface area contributed by atoms with Crippen LogP contribution in [0.25, 0.3) is 0 Å². The van der Waals surface area contributed by atoms with E-state index in [-0.39, 0.29) is 35.2 Å². The van der Waals surface area contributed by atoms with Crippen molar-refractivity contribution in [2.24, 2.45) is 4.99 Å². The number of guanidine groups is 1. The highest BCUT2D eigenvalue weighted by Gasteiger charge is 2.34. The van der Waals surface area contributed by atoms with E-state index in [1.165, 1.54) is 10.9 Å². The molecule has 1 saturated heterocycles. The predicted octanol–water partition coefficient (Wildman–Crippen LogP) is 4.31. The predicted molar refractivity (Wildman–Crippen MR) is 121 cm³/mol. The van der Waals surface area contributed by atoms with E-state index >= 15 is 0 Å². The van der Waals surface area contributed by atoms with Crippen LogP contribution in [-0.2, 0) is 16.7 Å². The number of rotatable bonds is 6. The van der Waals surface area contributed by atoms with Gasteiger partial charge in [-0.2, -0.15) is 0 Å². The van der Waals surface area contributed by atoms with Crippen LogP contribution in [-0.4, -0.2) is 32.3 Å². The number of nitrogens with zero attached hydrogens (tertiary/aromatic N) is 1. The van der Waals surface area contributed by atoms with Gasteiger partial charge in [0, 0.05) is 36.6 Å². The number of aliphatic imine (C=N–C) groups is 1. The first kappa shape index (κ1) is 22.1. The highest BCUT2D eigenvalue weighted by Crippen LogP contribution is 2.34. The molecule has 0 saturated carbocycles. The molecular formula is C20H27FIN3OS. The first-order valence-electron chi connectivity index (χ1n) is 9.10. The van der Waals surface area contributed by atoms with E-state index < -0.39 is 0 Å². The molecular weight excluding hydrogens is 476 g/mol. The van der Waals surface area contributed by atoms with Crippen LogP contribution in [0.4, 0.5) is 4.39 Å². The highest BCUT2D eigenvalue weighted by molar-refractivity contribution is 14.0. The number of hydrogen-bond acceptors (Lipinski definition) is 3. The molecule has 0 amide bonds. The number of hydrogen-bond donors (Lipinski definition) is 2. The van der Waals surface area contributed by atoms with Crippen molar-refractivity contribution in [1.82, 2.24) is 10.6 Å². The summed E-state index contributed by atoms with van der Waals surface area (Å²) in [6, 6.07) is 11.1. The van der Waals surface area contributed by atoms with Crippen molar-refractivity contribution in [2.75, 3.05) is 26.3 Å². The SMILES string of the molecule is CCNC(=NCc1cccs1)NCC1(c2cccc(F)c2)CCOCC1.I. The summed E-state index contributed by atoms with van der Waals surface area (Å²) < 4.78 is 19.4. The van der Waals surface area contributed by atoms with Gasteiger partial charge < -0.3 is 15.4 Å². The third-order valence-corrected chi connectivity index (χ3v) is 5.66. The van der Waals surface area contributed by atoms with Gasteiger partial charge in [0.15, 0.2) is 5.96 Å². The molecule has 0 unspecified atom stereocenters. The number of nitrogens with one attached hydrogen (secondary N) is 2. The molecule has 7 heteroatoms. The third-order valence-electron chi connectivity index (χ3n) is 4.80. The highest BCUT2D eigenvalue weighted by atomic mass is 127. The lowest BCUT2D eigenvalue weighted by Gasteiger charge is -2.38. The molecule has 1 aromatic heterocycles. The van der Waals surface area contributed by atoms with Crippen molar-refractivity contribution in [3.8, 4) is 0 Å². The first-order valence-corrected chi connectivity index (χ1v) is 9.98. The van der Waals surface area contributed by atoms with E-state index in [0.717, 1.165) is 30.9 Å². The van der Waals surface area contributed by atoms with Crippen molar-refractivity contribution in [3.63, 3.8) is 0 Å². The smallest absolute Gasteiger partial charge is 0.191 e. The molecule has 1 aliphatic rings. The molecule has 27 heavy (non-hydrogen) atoms. The Hall–Kier alpha value is -1.19. The minimum absolute atomic E-state index is 0. The minimum atomic E-state index is -0.188. The van der Waals surface area contributed by atoms with Crippen molar-refractivity contribution in [2.45, 2.75) is 31.7 Å². The van der Waals surface area contributed by atoms with Gasteiger partial charge in [-0.1, -0.05) is 18.2 Å². The molecule has 0 spiro atoms. The molecule has 148 valence electrons. The molecule has 0 atom stereocenters. The number of halogens is 2. The zero-order valence-corrected chi connectivity index (χ0v) is 18.7. The molecule has 2 aromatic rings. The molecule has 0 radical (unpaired) electrons. The number of benzene rings is 1. The molecule has 3 rings (SSSR count). The fourth-order valence-corrected chi connectivity index (χ4v) is 3.93. The van der Waals surface area contributed by atoms with Crippen LogP contribution < -0.4 is 10.6 Å². The minimum Gasteiger partial charge on any atom is -0.381 e. The monoisotopic (exact) mass is 503 g/mol. The summed E-state index contributed by atoms with van der Waals surface area (Å²) in [5, 5.41) is 8.84. The topological polar surface area (TPSA) is 45.7 Å². The summed E-state index contributed by atoms with van der Waals surface area (Å²) >= 11 is 1.71. The van der Waals surface area contributed by atoms with Crippen LogP contribution in [0.5, 0.6) is 0 Å². The Balaban J connectivity index is 0.00000261. The average molecular weight is 503 g/mol. The second-order valence-electron chi connectivity index (χ2n) is 6.53. The second-order valence-corrected chi connectivity index (χ2v) is 7.56. The molecule has 4 nitrogen and oxygen atoms in total. The standard InChI is InChI=1S/C20H26FN3OS.HI/c1-2-22-19(23-14-18-7-4-12-26-18)24-15-20(8-10-25-11-9-20)16-5-3-6-17(21)13-16;/h3-7,12-13H,2,8-11,14-15H2,1H3,(H2,22,23,24);1H. The Morgan fingerprint density at radius 1 is 1.22 bits per heavy atom. The van der Waals surface area contributed by atoms with Gasteiger partial charge in [-0.05, 0) is 48.9 Å². The maximum atomic E-state index is 13.8. The van der Waals surface area contributed by atoms with E-state index in [9.17, 15) is 4.39 Å². The molecule has 1 fully saturated rings. The van der Waals surface area contributed by atoms with Gasteiger partial charge >= 0.3 is 0 Å². The van der Waals surface area contributed by atoms with E-state index in [0.29, 0.717) is 26.3 Å². The third kappa shape index (κ3) is 6.15. The van der Waals surface area contributed by atoms with E-state index in [4.69, 9.17) is 4.74 Å². The summed E-state index contributed by atoms with van der Waals surface area (Å²) in [6.45, 7) is 5.60. The quantitative estimate of drug-likeness (QED) is 0.351. The summed E-state index contributed by atoms with van der Waals surface area (Å²) in [5.74, 6) is 0.606. The molecule has 1 aliphatic heterocycles. The summed E-state index contributed by atoms with van der Waals surface area (Å²) in [4.78, 5) is 5.91. The van der Waals surface area contributed by atoms with Gasteiger partial charge in [-0.15, -0.1) is 35.3 Å². The summed E-state index contributed by atoms with van der Waals surface area (Å²) in [5.41, 5.74) is 0.891. The summed E-state index contributed by atoms with van der Waals surface area (Å²) in [7, 11) is 0. The van der Waals surface area contributed by atoms with Crippen LogP contribution in [0.2, 0.25) is 0 Å². The van der Waals surface area contributed by atoms with Crippen LogP contribution in [0.3, 0.4) is 0 Å². The van der Waals surface area contributed by atoms with Gasteiger partial charge in [-0.3, -0.25) is 0 Å². The van der Waals surface area contributed by atoms with Crippen LogP contribution in [0, 0.1) is 5.82 Å².